The highest BCUT2D eigenvalue weighted by Crippen LogP contribution is 2.22. The van der Waals surface area contributed by atoms with Crippen molar-refractivity contribution >= 4 is 40.1 Å². The van der Waals surface area contributed by atoms with Crippen LogP contribution in [-0.2, 0) is 24.3 Å². The minimum Gasteiger partial charge on any atom is -0.457 e. The van der Waals surface area contributed by atoms with Crippen LogP contribution in [0.4, 0.5) is 0 Å². The van der Waals surface area contributed by atoms with Gasteiger partial charge in [-0.25, -0.2) is 9.78 Å². The van der Waals surface area contributed by atoms with E-state index in [2.05, 4.69) is 4.98 Å². The fourth-order valence-electron chi connectivity index (χ4n) is 3.08. The summed E-state index contributed by atoms with van der Waals surface area (Å²) >= 11 is 11.9. The van der Waals surface area contributed by atoms with E-state index in [-0.39, 0.29) is 12.2 Å². The first-order valence-corrected chi connectivity index (χ1v) is 8.93. The van der Waals surface area contributed by atoms with Crippen LogP contribution in [0.5, 0.6) is 0 Å². The summed E-state index contributed by atoms with van der Waals surface area (Å²) in [5.41, 5.74) is 1.47. The van der Waals surface area contributed by atoms with E-state index in [4.69, 9.17) is 27.9 Å². The minimum atomic E-state index is -0.500. The number of esters is 1. The zero-order chi connectivity index (χ0) is 18.3. The first-order chi connectivity index (χ1) is 12.5. The highest BCUT2D eigenvalue weighted by molar-refractivity contribution is 6.35. The van der Waals surface area contributed by atoms with Gasteiger partial charge in [0.05, 0.1) is 16.5 Å². The molecule has 0 N–H and O–H groups in total. The third-order valence-corrected chi connectivity index (χ3v) is 5.01. The van der Waals surface area contributed by atoms with Crippen LogP contribution in [0, 0.1) is 0 Å². The molecular formula is C19H14Cl2N2O3. The summed E-state index contributed by atoms with van der Waals surface area (Å²) in [6.45, 7) is 0.732. The fourth-order valence-corrected chi connectivity index (χ4v) is 3.54. The molecule has 0 amide bonds. The second-order valence-electron chi connectivity index (χ2n) is 6.13. The molecule has 5 nitrogen and oxygen atoms in total. The number of fused-ring (bicyclic) bond motifs is 2. The lowest BCUT2D eigenvalue weighted by Gasteiger charge is -2.08. The van der Waals surface area contributed by atoms with Gasteiger partial charge in [-0.1, -0.05) is 29.3 Å². The fraction of sp³-hybridized carbons (Fsp3) is 0.211. The van der Waals surface area contributed by atoms with E-state index in [0.717, 1.165) is 18.7 Å². The predicted octanol–water partition coefficient (Wildman–Crippen LogP) is 4.01. The van der Waals surface area contributed by atoms with Crippen molar-refractivity contribution in [1.82, 2.24) is 9.55 Å². The summed E-state index contributed by atoms with van der Waals surface area (Å²) in [6, 6.07) is 9.80. The quantitative estimate of drug-likeness (QED) is 0.636. The van der Waals surface area contributed by atoms with E-state index in [9.17, 15) is 9.59 Å². The molecule has 0 unspecified atom stereocenters. The van der Waals surface area contributed by atoms with Gasteiger partial charge in [-0.15, -0.1) is 0 Å². The number of aryl methyl sites for hydroxylation is 1. The summed E-state index contributed by atoms with van der Waals surface area (Å²) in [5.74, 6) is 0.265. The van der Waals surface area contributed by atoms with E-state index in [1.165, 1.54) is 0 Å². The summed E-state index contributed by atoms with van der Waals surface area (Å²) in [5, 5.41) is 1.46. The number of ether oxygens (including phenoxy) is 1. The van der Waals surface area contributed by atoms with Crippen LogP contribution < -0.4 is 5.56 Å². The maximum atomic E-state index is 12.5. The second-order valence-corrected chi connectivity index (χ2v) is 6.98. The van der Waals surface area contributed by atoms with Crippen molar-refractivity contribution in [3.8, 4) is 0 Å². The van der Waals surface area contributed by atoms with Crippen LogP contribution in [0.15, 0.2) is 41.2 Å². The molecule has 2 aromatic carbocycles. The first kappa shape index (κ1) is 17.1. The van der Waals surface area contributed by atoms with E-state index >= 15 is 0 Å². The first-order valence-electron chi connectivity index (χ1n) is 8.17. The highest BCUT2D eigenvalue weighted by atomic mass is 35.5. The van der Waals surface area contributed by atoms with Crippen molar-refractivity contribution in [1.29, 1.82) is 0 Å². The molecule has 2 heterocycles. The largest absolute Gasteiger partial charge is 0.457 e. The van der Waals surface area contributed by atoms with Crippen molar-refractivity contribution in [2.24, 2.45) is 0 Å². The number of halogens is 2. The molecule has 132 valence electrons. The summed E-state index contributed by atoms with van der Waals surface area (Å²) in [7, 11) is 0. The maximum absolute atomic E-state index is 12.5. The van der Waals surface area contributed by atoms with E-state index in [1.54, 1.807) is 41.0 Å². The molecule has 0 saturated carbocycles. The molecule has 4 rings (SSSR count). The van der Waals surface area contributed by atoms with Gasteiger partial charge >= 0.3 is 5.97 Å². The zero-order valence-corrected chi connectivity index (χ0v) is 15.2. The molecule has 0 fully saturated rings. The van der Waals surface area contributed by atoms with Crippen LogP contribution in [0.1, 0.15) is 28.2 Å². The number of benzene rings is 2. The second kappa shape index (κ2) is 6.74. The van der Waals surface area contributed by atoms with Gasteiger partial charge in [-0.2, -0.15) is 0 Å². The van der Waals surface area contributed by atoms with Crippen LogP contribution in [-0.4, -0.2) is 15.5 Å². The van der Waals surface area contributed by atoms with Gasteiger partial charge in [-0.05, 0) is 36.8 Å². The Hall–Kier alpha value is -2.37. The number of carbonyl (C=O) groups excluding carboxylic acids is 1. The standard InChI is InChI=1S/C19H14Cl2N2O3/c20-13-5-3-12(15(21)9-13)10-26-19(25)11-4-6-14-16(8-11)22-17-2-1-7-23(17)18(14)24/h3-6,8-9H,1-2,7,10H2. The smallest absolute Gasteiger partial charge is 0.338 e. The minimum absolute atomic E-state index is 0.0349. The number of nitrogens with zero attached hydrogens (tertiary/aromatic N) is 2. The molecule has 0 atom stereocenters. The monoisotopic (exact) mass is 388 g/mol. The Morgan fingerprint density at radius 3 is 2.85 bits per heavy atom. The number of carbonyl (C=O) groups is 1. The Kier molecular flexibility index (Phi) is 4.42. The maximum Gasteiger partial charge on any atom is 0.338 e. The lowest BCUT2D eigenvalue weighted by Crippen LogP contribution is -2.21. The predicted molar refractivity (Wildman–Crippen MR) is 99.9 cm³/mol. The van der Waals surface area contributed by atoms with Gasteiger partial charge < -0.3 is 4.74 Å². The molecular weight excluding hydrogens is 375 g/mol. The normalized spacial score (nSPS) is 13.0. The molecule has 0 radical (unpaired) electrons. The molecule has 1 aliphatic heterocycles. The third kappa shape index (κ3) is 3.08. The Bertz CT molecular complexity index is 1090. The van der Waals surface area contributed by atoms with Gasteiger partial charge in [0.15, 0.2) is 0 Å². The Labute approximate surface area is 159 Å². The molecule has 0 aliphatic carbocycles. The number of aromatic nitrogens is 2. The lowest BCUT2D eigenvalue weighted by molar-refractivity contribution is 0.0473. The Morgan fingerprint density at radius 1 is 1.19 bits per heavy atom. The molecule has 0 saturated heterocycles. The number of rotatable bonds is 3. The van der Waals surface area contributed by atoms with Gasteiger partial charge in [0, 0.05) is 28.6 Å². The van der Waals surface area contributed by atoms with Crippen LogP contribution in [0.3, 0.4) is 0 Å². The third-order valence-electron chi connectivity index (χ3n) is 4.43. The number of hydrogen-bond acceptors (Lipinski definition) is 4. The van der Waals surface area contributed by atoms with Crippen molar-refractivity contribution < 1.29 is 9.53 Å². The molecule has 7 heteroatoms. The number of hydrogen-bond donors (Lipinski definition) is 0. The van der Waals surface area contributed by atoms with Gasteiger partial charge in [-0.3, -0.25) is 9.36 Å². The summed E-state index contributed by atoms with van der Waals surface area (Å²) in [6.07, 6.45) is 1.68. The highest BCUT2D eigenvalue weighted by Gasteiger charge is 2.17. The molecule has 1 aromatic heterocycles. The van der Waals surface area contributed by atoms with Crippen LogP contribution in [0.25, 0.3) is 10.9 Å². The van der Waals surface area contributed by atoms with Crippen molar-refractivity contribution in [2.75, 3.05) is 0 Å². The average molecular weight is 389 g/mol. The van der Waals surface area contributed by atoms with E-state index < -0.39 is 5.97 Å². The Balaban J connectivity index is 1.59. The van der Waals surface area contributed by atoms with Crippen molar-refractivity contribution in [2.45, 2.75) is 26.0 Å². The van der Waals surface area contributed by atoms with Gasteiger partial charge in [0.25, 0.3) is 5.56 Å². The molecule has 3 aromatic rings. The average Bonchev–Trinajstić information content (AvgIpc) is 3.09. The molecule has 26 heavy (non-hydrogen) atoms. The SMILES string of the molecule is O=C(OCc1ccc(Cl)cc1Cl)c1ccc2c(=O)n3c(nc2c1)CCC3. The van der Waals surface area contributed by atoms with E-state index in [0.29, 0.717) is 38.6 Å². The molecule has 0 spiro atoms. The zero-order valence-electron chi connectivity index (χ0n) is 13.7. The van der Waals surface area contributed by atoms with Crippen LogP contribution >= 0.6 is 23.2 Å². The van der Waals surface area contributed by atoms with E-state index in [1.807, 2.05) is 0 Å². The molecule has 0 bridgehead atoms. The van der Waals surface area contributed by atoms with Gasteiger partial charge in [0.1, 0.15) is 12.4 Å². The Morgan fingerprint density at radius 2 is 2.04 bits per heavy atom. The van der Waals surface area contributed by atoms with Gasteiger partial charge in [0.2, 0.25) is 0 Å². The summed E-state index contributed by atoms with van der Waals surface area (Å²) in [4.78, 5) is 29.3. The van der Waals surface area contributed by atoms with Crippen molar-refractivity contribution in [3.05, 3.63) is 73.7 Å². The topological polar surface area (TPSA) is 61.2 Å². The lowest BCUT2D eigenvalue weighted by atomic mass is 10.1. The van der Waals surface area contributed by atoms with Crippen molar-refractivity contribution in [3.63, 3.8) is 0 Å². The molecule has 1 aliphatic rings. The van der Waals surface area contributed by atoms with Crippen LogP contribution in [0.2, 0.25) is 10.0 Å². The summed E-state index contributed by atoms with van der Waals surface area (Å²) < 4.78 is 7.03.